The van der Waals surface area contributed by atoms with Crippen LogP contribution in [0.4, 0.5) is 8.78 Å². The molecule has 0 fully saturated rings. The molecular formula is C21H23F2N5. The van der Waals surface area contributed by atoms with Gasteiger partial charge < -0.3 is 10.6 Å². The number of nitrogens with zero attached hydrogens (tertiary/aromatic N) is 3. The largest absolute Gasteiger partial charge is 0.357 e. The maximum atomic E-state index is 13.0. The molecule has 146 valence electrons. The van der Waals surface area contributed by atoms with E-state index in [1.165, 1.54) is 24.3 Å². The number of aromatic nitrogens is 2. The topological polar surface area (TPSA) is 54.2 Å². The fourth-order valence-electron chi connectivity index (χ4n) is 2.64. The lowest BCUT2D eigenvalue weighted by atomic mass is 10.2. The Bertz CT molecular complexity index is 901. The highest BCUT2D eigenvalue weighted by molar-refractivity contribution is 5.79. The van der Waals surface area contributed by atoms with E-state index in [2.05, 4.69) is 20.7 Å². The van der Waals surface area contributed by atoms with Crippen LogP contribution in [0.3, 0.4) is 0 Å². The summed E-state index contributed by atoms with van der Waals surface area (Å²) >= 11 is 0. The zero-order valence-corrected chi connectivity index (χ0v) is 15.7. The molecule has 0 atom stereocenters. The Balaban J connectivity index is 1.53. The maximum absolute atomic E-state index is 13.0. The van der Waals surface area contributed by atoms with Gasteiger partial charge in [0.2, 0.25) is 0 Å². The van der Waals surface area contributed by atoms with Gasteiger partial charge in [0, 0.05) is 25.7 Å². The zero-order chi connectivity index (χ0) is 19.8. The van der Waals surface area contributed by atoms with Crippen molar-refractivity contribution in [3.05, 3.63) is 83.7 Å². The first kappa shape index (κ1) is 19.5. The van der Waals surface area contributed by atoms with Gasteiger partial charge in [0.05, 0.1) is 17.9 Å². The molecule has 0 saturated carbocycles. The van der Waals surface area contributed by atoms with E-state index in [1.807, 2.05) is 19.2 Å². The van der Waals surface area contributed by atoms with E-state index in [0.717, 1.165) is 29.9 Å². The minimum Gasteiger partial charge on any atom is -0.357 e. The van der Waals surface area contributed by atoms with Gasteiger partial charge in [0.1, 0.15) is 11.6 Å². The van der Waals surface area contributed by atoms with Crippen molar-refractivity contribution < 1.29 is 8.78 Å². The number of nitrogens with one attached hydrogen (secondary N) is 2. The van der Waals surface area contributed by atoms with Crippen molar-refractivity contribution in [3.8, 4) is 5.69 Å². The summed E-state index contributed by atoms with van der Waals surface area (Å²) in [6.07, 6.45) is 2.57. The highest BCUT2D eigenvalue weighted by Gasteiger charge is 2.03. The standard InChI is InChI=1S/C21H23F2N5/c1-2-24-21(26-15-16-3-5-17(22)6-4-16)25-13-11-19-12-14-28(27-19)20-9-7-18(23)8-10-20/h3-10,12,14H,2,11,13,15H2,1H3,(H2,24,25,26). The number of halogens is 2. The molecule has 0 aliphatic heterocycles. The summed E-state index contributed by atoms with van der Waals surface area (Å²) in [6.45, 7) is 3.87. The second kappa shape index (κ2) is 9.64. The van der Waals surface area contributed by atoms with Crippen LogP contribution in [0.15, 0.2) is 65.8 Å². The number of hydrogen-bond donors (Lipinski definition) is 2. The van der Waals surface area contributed by atoms with E-state index in [9.17, 15) is 8.78 Å². The Hall–Kier alpha value is -3.22. The van der Waals surface area contributed by atoms with Crippen LogP contribution in [0.5, 0.6) is 0 Å². The van der Waals surface area contributed by atoms with Gasteiger partial charge in [-0.15, -0.1) is 0 Å². The summed E-state index contributed by atoms with van der Waals surface area (Å²) in [6, 6.07) is 14.5. The molecule has 0 unspecified atom stereocenters. The molecule has 0 radical (unpaired) electrons. The van der Waals surface area contributed by atoms with Crippen molar-refractivity contribution >= 4 is 5.96 Å². The quantitative estimate of drug-likeness (QED) is 0.485. The first-order valence-corrected chi connectivity index (χ1v) is 9.21. The lowest BCUT2D eigenvalue weighted by Crippen LogP contribution is -2.38. The molecule has 5 nitrogen and oxygen atoms in total. The second-order valence-corrected chi connectivity index (χ2v) is 6.23. The van der Waals surface area contributed by atoms with Crippen molar-refractivity contribution in [1.82, 2.24) is 20.4 Å². The summed E-state index contributed by atoms with van der Waals surface area (Å²) in [5.74, 6) is 0.179. The molecule has 2 aromatic carbocycles. The summed E-state index contributed by atoms with van der Waals surface area (Å²) in [5, 5.41) is 11.0. The molecule has 7 heteroatoms. The van der Waals surface area contributed by atoms with Gasteiger partial charge in [0.15, 0.2) is 5.96 Å². The Labute approximate surface area is 163 Å². The molecular weight excluding hydrogens is 360 g/mol. The van der Waals surface area contributed by atoms with E-state index in [4.69, 9.17) is 0 Å². The van der Waals surface area contributed by atoms with Gasteiger partial charge in [-0.25, -0.2) is 18.5 Å². The molecule has 3 aromatic rings. The first-order valence-electron chi connectivity index (χ1n) is 9.21. The Morgan fingerprint density at radius 3 is 2.32 bits per heavy atom. The van der Waals surface area contributed by atoms with Crippen LogP contribution in [0.1, 0.15) is 18.2 Å². The van der Waals surface area contributed by atoms with Crippen LogP contribution in [0.25, 0.3) is 5.69 Å². The lowest BCUT2D eigenvalue weighted by Gasteiger charge is -2.10. The fraction of sp³-hybridized carbons (Fsp3) is 0.238. The molecule has 0 spiro atoms. The molecule has 1 heterocycles. The minimum atomic E-state index is -0.267. The zero-order valence-electron chi connectivity index (χ0n) is 15.7. The van der Waals surface area contributed by atoms with Crippen molar-refractivity contribution in [2.45, 2.75) is 19.9 Å². The summed E-state index contributed by atoms with van der Waals surface area (Å²) < 4.78 is 27.7. The van der Waals surface area contributed by atoms with Gasteiger partial charge in [-0.2, -0.15) is 5.10 Å². The van der Waals surface area contributed by atoms with Crippen LogP contribution < -0.4 is 10.6 Å². The number of aliphatic imine (C=N–C) groups is 1. The molecule has 28 heavy (non-hydrogen) atoms. The van der Waals surface area contributed by atoms with Crippen molar-refractivity contribution in [2.75, 3.05) is 13.1 Å². The van der Waals surface area contributed by atoms with Gasteiger partial charge >= 0.3 is 0 Å². The van der Waals surface area contributed by atoms with Crippen LogP contribution >= 0.6 is 0 Å². The summed E-state index contributed by atoms with van der Waals surface area (Å²) in [7, 11) is 0. The third kappa shape index (κ3) is 5.64. The van der Waals surface area contributed by atoms with Gasteiger partial charge in [-0.05, 0) is 55.0 Å². The molecule has 0 saturated heterocycles. The van der Waals surface area contributed by atoms with E-state index in [-0.39, 0.29) is 11.6 Å². The third-order valence-corrected chi connectivity index (χ3v) is 4.09. The van der Waals surface area contributed by atoms with Crippen LogP contribution in [0.2, 0.25) is 0 Å². The lowest BCUT2D eigenvalue weighted by molar-refractivity contribution is 0.626. The molecule has 2 N–H and O–H groups in total. The smallest absolute Gasteiger partial charge is 0.191 e. The molecule has 3 rings (SSSR count). The van der Waals surface area contributed by atoms with Gasteiger partial charge in [0.25, 0.3) is 0 Å². The monoisotopic (exact) mass is 383 g/mol. The normalized spacial score (nSPS) is 11.5. The number of rotatable bonds is 7. The van der Waals surface area contributed by atoms with Crippen molar-refractivity contribution in [2.24, 2.45) is 4.99 Å². The summed E-state index contributed by atoms with van der Waals surface area (Å²) in [4.78, 5) is 4.52. The SMILES string of the molecule is CCNC(=NCc1ccc(F)cc1)NCCc1ccn(-c2ccc(F)cc2)n1. The van der Waals surface area contributed by atoms with E-state index >= 15 is 0 Å². The first-order chi connectivity index (χ1) is 13.6. The number of benzene rings is 2. The number of hydrogen-bond acceptors (Lipinski definition) is 2. The van der Waals surface area contributed by atoms with E-state index in [0.29, 0.717) is 19.0 Å². The molecule has 0 bridgehead atoms. The molecule has 1 aromatic heterocycles. The predicted octanol–water partition coefficient (Wildman–Crippen LogP) is 3.45. The highest BCUT2D eigenvalue weighted by Crippen LogP contribution is 2.09. The molecule has 0 amide bonds. The van der Waals surface area contributed by atoms with Crippen molar-refractivity contribution in [3.63, 3.8) is 0 Å². The van der Waals surface area contributed by atoms with Crippen LogP contribution in [-0.4, -0.2) is 28.8 Å². The van der Waals surface area contributed by atoms with Gasteiger partial charge in [-0.1, -0.05) is 12.1 Å². The predicted molar refractivity (Wildman–Crippen MR) is 106 cm³/mol. The average molecular weight is 383 g/mol. The Morgan fingerprint density at radius 2 is 1.64 bits per heavy atom. The van der Waals surface area contributed by atoms with Crippen molar-refractivity contribution in [1.29, 1.82) is 0 Å². The second-order valence-electron chi connectivity index (χ2n) is 6.23. The minimum absolute atomic E-state index is 0.252. The molecule has 0 aliphatic carbocycles. The van der Waals surface area contributed by atoms with Crippen LogP contribution in [0, 0.1) is 11.6 Å². The average Bonchev–Trinajstić information content (AvgIpc) is 3.17. The van der Waals surface area contributed by atoms with E-state index < -0.39 is 0 Å². The van der Waals surface area contributed by atoms with E-state index in [1.54, 1.807) is 28.9 Å². The number of guanidine groups is 1. The Kier molecular flexibility index (Phi) is 6.73. The fourth-order valence-corrected chi connectivity index (χ4v) is 2.64. The highest BCUT2D eigenvalue weighted by atomic mass is 19.1. The van der Waals surface area contributed by atoms with Crippen LogP contribution in [-0.2, 0) is 13.0 Å². The summed E-state index contributed by atoms with van der Waals surface area (Å²) in [5.41, 5.74) is 2.68. The van der Waals surface area contributed by atoms with Gasteiger partial charge in [-0.3, -0.25) is 0 Å². The Morgan fingerprint density at radius 1 is 0.964 bits per heavy atom. The third-order valence-electron chi connectivity index (χ3n) is 4.09. The molecule has 0 aliphatic rings. The maximum Gasteiger partial charge on any atom is 0.191 e.